The molecule has 0 spiro atoms. The van der Waals surface area contributed by atoms with E-state index in [9.17, 15) is 14.7 Å². The number of unbranched alkanes of at least 4 members (excludes halogenated alkanes) is 2. The Morgan fingerprint density at radius 1 is 1.20 bits per heavy atom. The van der Waals surface area contributed by atoms with Gasteiger partial charge in [0.2, 0.25) is 0 Å². The summed E-state index contributed by atoms with van der Waals surface area (Å²) < 4.78 is 10.1. The summed E-state index contributed by atoms with van der Waals surface area (Å²) in [6, 6.07) is 8.57. The molecule has 1 heterocycles. The lowest BCUT2D eigenvalue weighted by atomic mass is 9.94. The van der Waals surface area contributed by atoms with Crippen molar-refractivity contribution in [2.45, 2.75) is 32.6 Å². The number of phenolic OH excluding ortho intramolecular Hbond substituents is 1. The predicted molar refractivity (Wildman–Crippen MR) is 96.2 cm³/mol. The first-order valence-corrected chi connectivity index (χ1v) is 8.37. The average molecular weight is 340 g/mol. The summed E-state index contributed by atoms with van der Waals surface area (Å²) in [5.41, 5.74) is 0.511. The Labute approximate surface area is 144 Å². The number of aryl methyl sites for hydroxylation is 1. The van der Waals surface area contributed by atoms with E-state index < -0.39 is 11.6 Å². The van der Waals surface area contributed by atoms with Gasteiger partial charge in [0.1, 0.15) is 16.9 Å². The van der Waals surface area contributed by atoms with Crippen LogP contribution in [0.1, 0.15) is 42.1 Å². The van der Waals surface area contributed by atoms with Gasteiger partial charge < -0.3 is 14.3 Å². The van der Waals surface area contributed by atoms with E-state index >= 15 is 0 Å². The molecule has 0 aliphatic heterocycles. The van der Waals surface area contributed by atoms with Crippen molar-refractivity contribution in [2.75, 3.05) is 7.11 Å². The summed E-state index contributed by atoms with van der Waals surface area (Å²) in [6.45, 7) is 2.09. The van der Waals surface area contributed by atoms with Gasteiger partial charge in [-0.25, -0.2) is 9.59 Å². The first-order valence-electron chi connectivity index (χ1n) is 8.37. The van der Waals surface area contributed by atoms with E-state index in [1.165, 1.54) is 13.2 Å². The van der Waals surface area contributed by atoms with Gasteiger partial charge in [-0.05, 0) is 25.0 Å². The Bertz CT molecular complexity index is 1000. The number of para-hydroxylation sites is 1. The van der Waals surface area contributed by atoms with E-state index in [2.05, 4.69) is 6.92 Å². The predicted octanol–water partition coefficient (Wildman–Crippen LogP) is 4.17. The van der Waals surface area contributed by atoms with Gasteiger partial charge in [-0.1, -0.05) is 38.0 Å². The Morgan fingerprint density at radius 2 is 1.96 bits per heavy atom. The highest BCUT2D eigenvalue weighted by molar-refractivity contribution is 6.10. The molecule has 0 bridgehead atoms. The second-order valence-electron chi connectivity index (χ2n) is 6.01. The van der Waals surface area contributed by atoms with E-state index in [0.29, 0.717) is 23.0 Å². The van der Waals surface area contributed by atoms with Crippen LogP contribution in [0.15, 0.2) is 39.5 Å². The Morgan fingerprint density at radius 3 is 2.68 bits per heavy atom. The van der Waals surface area contributed by atoms with E-state index in [4.69, 9.17) is 9.15 Å². The lowest BCUT2D eigenvalue weighted by Gasteiger charge is -2.14. The normalized spacial score (nSPS) is 11.1. The summed E-state index contributed by atoms with van der Waals surface area (Å²) in [4.78, 5) is 24.5. The minimum Gasteiger partial charge on any atom is -0.507 e. The maximum atomic E-state index is 12.4. The molecule has 0 atom stereocenters. The van der Waals surface area contributed by atoms with Crippen LogP contribution < -0.4 is 5.63 Å². The fraction of sp³-hybridized carbons (Fsp3) is 0.300. The number of ether oxygens (including phenoxy) is 1. The molecular weight excluding hydrogens is 320 g/mol. The van der Waals surface area contributed by atoms with Crippen molar-refractivity contribution >= 4 is 27.7 Å². The van der Waals surface area contributed by atoms with Gasteiger partial charge in [-0.3, -0.25) is 0 Å². The van der Waals surface area contributed by atoms with Crippen LogP contribution in [0.4, 0.5) is 0 Å². The van der Waals surface area contributed by atoms with Crippen LogP contribution in [0.2, 0.25) is 0 Å². The molecule has 0 aliphatic carbocycles. The number of aromatic hydroxyl groups is 1. The molecule has 5 heteroatoms. The van der Waals surface area contributed by atoms with Gasteiger partial charge in [0.05, 0.1) is 12.5 Å². The number of rotatable bonds is 5. The smallest absolute Gasteiger partial charge is 0.344 e. The number of benzene rings is 2. The van der Waals surface area contributed by atoms with Gasteiger partial charge in [0.15, 0.2) is 0 Å². The standard InChI is InChI=1S/C20H20O5/c1-3-4-5-9-13-17-12-8-6-7-10-16(12)25-20(23)14(17)11-15(18(13)21)19(22)24-2/h6-8,10-11,21H,3-5,9H2,1-2H3. The molecule has 0 saturated heterocycles. The van der Waals surface area contributed by atoms with E-state index in [0.717, 1.165) is 24.6 Å². The SMILES string of the molecule is CCCCCc1c(O)c(C(=O)OC)cc2c(=O)oc3ccccc3c12. The van der Waals surface area contributed by atoms with Gasteiger partial charge in [-0.2, -0.15) is 0 Å². The Kier molecular flexibility index (Phi) is 4.74. The van der Waals surface area contributed by atoms with Gasteiger partial charge in [-0.15, -0.1) is 0 Å². The third-order valence-electron chi connectivity index (χ3n) is 4.42. The molecule has 0 unspecified atom stereocenters. The molecule has 2 aromatic carbocycles. The molecule has 0 amide bonds. The average Bonchev–Trinajstić information content (AvgIpc) is 2.62. The molecule has 1 N–H and O–H groups in total. The van der Waals surface area contributed by atoms with Crippen molar-refractivity contribution in [3.63, 3.8) is 0 Å². The van der Waals surface area contributed by atoms with Crippen LogP contribution in [-0.2, 0) is 11.2 Å². The summed E-state index contributed by atoms with van der Waals surface area (Å²) >= 11 is 0. The third-order valence-corrected chi connectivity index (χ3v) is 4.42. The van der Waals surface area contributed by atoms with E-state index in [-0.39, 0.29) is 16.7 Å². The van der Waals surface area contributed by atoms with Gasteiger partial charge in [0, 0.05) is 16.3 Å². The first kappa shape index (κ1) is 17.0. The highest BCUT2D eigenvalue weighted by Crippen LogP contribution is 2.35. The highest BCUT2D eigenvalue weighted by Gasteiger charge is 2.22. The first-order chi connectivity index (χ1) is 12.1. The monoisotopic (exact) mass is 340 g/mol. The van der Waals surface area contributed by atoms with Crippen LogP contribution in [0.25, 0.3) is 21.7 Å². The maximum absolute atomic E-state index is 12.4. The molecule has 0 radical (unpaired) electrons. The van der Waals surface area contributed by atoms with Crippen molar-refractivity contribution < 1.29 is 19.1 Å². The highest BCUT2D eigenvalue weighted by atomic mass is 16.5. The number of phenols is 1. The minimum atomic E-state index is -0.677. The number of hydrogen-bond donors (Lipinski definition) is 1. The van der Waals surface area contributed by atoms with Crippen LogP contribution in [0, 0.1) is 0 Å². The van der Waals surface area contributed by atoms with Crippen molar-refractivity contribution in [2.24, 2.45) is 0 Å². The fourth-order valence-electron chi connectivity index (χ4n) is 3.17. The van der Waals surface area contributed by atoms with Crippen molar-refractivity contribution in [1.29, 1.82) is 0 Å². The molecule has 5 nitrogen and oxygen atoms in total. The van der Waals surface area contributed by atoms with Crippen molar-refractivity contribution in [3.8, 4) is 5.75 Å². The summed E-state index contributed by atoms with van der Waals surface area (Å²) in [5.74, 6) is -0.796. The molecule has 25 heavy (non-hydrogen) atoms. The van der Waals surface area contributed by atoms with Crippen LogP contribution in [-0.4, -0.2) is 18.2 Å². The molecule has 0 saturated carbocycles. The quantitative estimate of drug-likeness (QED) is 0.326. The topological polar surface area (TPSA) is 76.7 Å². The molecule has 3 aromatic rings. The molecule has 0 fully saturated rings. The van der Waals surface area contributed by atoms with Crippen molar-refractivity contribution in [1.82, 2.24) is 0 Å². The van der Waals surface area contributed by atoms with Crippen molar-refractivity contribution in [3.05, 3.63) is 51.9 Å². The number of fused-ring (bicyclic) bond motifs is 3. The Balaban J connectivity index is 2.41. The van der Waals surface area contributed by atoms with E-state index in [1.54, 1.807) is 12.1 Å². The zero-order valence-electron chi connectivity index (χ0n) is 14.3. The van der Waals surface area contributed by atoms with Gasteiger partial charge >= 0.3 is 11.6 Å². The van der Waals surface area contributed by atoms with Crippen LogP contribution in [0.5, 0.6) is 5.75 Å². The zero-order chi connectivity index (χ0) is 18.0. The number of hydrogen-bond acceptors (Lipinski definition) is 5. The second-order valence-corrected chi connectivity index (χ2v) is 6.01. The largest absolute Gasteiger partial charge is 0.507 e. The number of carbonyl (C=O) groups is 1. The zero-order valence-corrected chi connectivity index (χ0v) is 14.3. The molecule has 1 aromatic heterocycles. The Hall–Kier alpha value is -2.82. The molecule has 3 rings (SSSR count). The summed E-state index contributed by atoms with van der Waals surface area (Å²) in [7, 11) is 1.24. The van der Waals surface area contributed by atoms with Crippen LogP contribution >= 0.6 is 0 Å². The number of methoxy groups -OCH3 is 1. The molecule has 0 aliphatic rings. The summed E-state index contributed by atoms with van der Waals surface area (Å²) in [6.07, 6.45) is 3.42. The fourth-order valence-corrected chi connectivity index (χ4v) is 3.17. The van der Waals surface area contributed by atoms with Gasteiger partial charge in [0.25, 0.3) is 0 Å². The molecular formula is C20H20O5. The summed E-state index contributed by atoms with van der Waals surface area (Å²) in [5, 5.41) is 12.4. The number of esters is 1. The molecule has 130 valence electrons. The van der Waals surface area contributed by atoms with Crippen LogP contribution in [0.3, 0.4) is 0 Å². The lowest BCUT2D eigenvalue weighted by molar-refractivity contribution is 0.0597. The lowest BCUT2D eigenvalue weighted by Crippen LogP contribution is -2.08. The van der Waals surface area contributed by atoms with E-state index in [1.807, 2.05) is 12.1 Å². The minimum absolute atomic E-state index is 0.0101. The second kappa shape index (κ2) is 6.97. The third kappa shape index (κ3) is 2.97. The number of carbonyl (C=O) groups excluding carboxylic acids is 1. The maximum Gasteiger partial charge on any atom is 0.344 e.